The standard InChI is InChI=1S/C37H46N10O5/c1-24(2)33-34-41-26(4)44-47(34)23-32(49)38-17-20-45(37(52)28-13-8-14-29(22-28)46-19-10-16-39-46)18-9-15-31(48)40-25(3)35(50)42-30(36(51)43-33)21-27-11-6-5-7-12-27/h5-8,10-14,16,19,22,24-25,30,33H,9,15,17-18,20-21,23H2,1-4H3,(H,38,49)(H,40,48)(H,42,50)(H,43,51)/t25-,30+,33-/m0/s1. The first-order valence-electron chi connectivity index (χ1n) is 17.5. The molecule has 2 aromatic carbocycles. The number of hydrogen-bond donors (Lipinski definition) is 4. The maximum Gasteiger partial charge on any atom is 0.253 e. The number of aryl methyl sites for hydroxylation is 1. The van der Waals surface area contributed by atoms with Crippen molar-refractivity contribution in [2.45, 2.75) is 71.6 Å². The fraction of sp³-hybridized carbons (Fsp3) is 0.405. The minimum atomic E-state index is -0.978. The number of fused-ring (bicyclic) bond motifs is 1. The summed E-state index contributed by atoms with van der Waals surface area (Å²) in [5, 5.41) is 20.2. The van der Waals surface area contributed by atoms with E-state index >= 15 is 0 Å². The van der Waals surface area contributed by atoms with Crippen LogP contribution < -0.4 is 21.3 Å². The molecular formula is C37H46N10O5. The molecule has 4 aromatic rings. The summed E-state index contributed by atoms with van der Waals surface area (Å²) in [5.41, 5.74) is 1.97. The van der Waals surface area contributed by atoms with Crippen LogP contribution in [0.1, 0.15) is 67.2 Å². The van der Waals surface area contributed by atoms with E-state index < -0.39 is 29.9 Å². The number of amides is 5. The second-order valence-corrected chi connectivity index (χ2v) is 13.2. The third-order valence-electron chi connectivity index (χ3n) is 8.71. The zero-order valence-corrected chi connectivity index (χ0v) is 29.9. The molecule has 15 nitrogen and oxygen atoms in total. The van der Waals surface area contributed by atoms with Crippen LogP contribution in [0.25, 0.3) is 5.69 Å². The van der Waals surface area contributed by atoms with Gasteiger partial charge in [0, 0.05) is 50.4 Å². The molecule has 274 valence electrons. The molecule has 3 atom stereocenters. The van der Waals surface area contributed by atoms with E-state index in [1.54, 1.807) is 60.1 Å². The van der Waals surface area contributed by atoms with E-state index in [4.69, 9.17) is 0 Å². The highest BCUT2D eigenvalue weighted by Crippen LogP contribution is 2.21. The normalized spacial score (nSPS) is 19.9. The first kappa shape index (κ1) is 37.4. The van der Waals surface area contributed by atoms with Gasteiger partial charge in [-0.3, -0.25) is 24.0 Å². The van der Waals surface area contributed by atoms with Gasteiger partial charge in [-0.05, 0) is 56.0 Å². The van der Waals surface area contributed by atoms with Gasteiger partial charge in [0.25, 0.3) is 5.91 Å². The smallest absolute Gasteiger partial charge is 0.253 e. The third kappa shape index (κ3) is 9.89. The molecule has 2 aromatic heterocycles. The van der Waals surface area contributed by atoms with Gasteiger partial charge in [-0.25, -0.2) is 14.3 Å². The van der Waals surface area contributed by atoms with E-state index in [0.29, 0.717) is 29.3 Å². The summed E-state index contributed by atoms with van der Waals surface area (Å²) in [7, 11) is 0. The van der Waals surface area contributed by atoms with Crippen molar-refractivity contribution in [3.05, 3.63) is 95.8 Å². The molecule has 0 saturated heterocycles. The van der Waals surface area contributed by atoms with Crippen LogP contribution in [0.5, 0.6) is 0 Å². The largest absolute Gasteiger partial charge is 0.353 e. The Bertz CT molecular complexity index is 1860. The fourth-order valence-electron chi connectivity index (χ4n) is 5.99. The Morgan fingerprint density at radius 3 is 2.44 bits per heavy atom. The average molecular weight is 711 g/mol. The summed E-state index contributed by atoms with van der Waals surface area (Å²) in [4.78, 5) is 73.5. The Labute approximate surface area is 302 Å². The molecule has 52 heavy (non-hydrogen) atoms. The molecule has 0 aliphatic carbocycles. The van der Waals surface area contributed by atoms with Crippen molar-refractivity contribution in [3.8, 4) is 5.69 Å². The predicted octanol–water partition coefficient (Wildman–Crippen LogP) is 1.87. The van der Waals surface area contributed by atoms with Gasteiger partial charge in [0.05, 0.1) is 11.7 Å². The lowest BCUT2D eigenvalue weighted by Crippen LogP contribution is -2.54. The quantitative estimate of drug-likeness (QED) is 0.242. The number of carbonyl (C=O) groups excluding carboxylic acids is 5. The summed E-state index contributed by atoms with van der Waals surface area (Å²) < 4.78 is 3.13. The van der Waals surface area contributed by atoms with Gasteiger partial charge in [0.15, 0.2) is 5.82 Å². The van der Waals surface area contributed by atoms with Crippen LogP contribution in [0.3, 0.4) is 0 Å². The SMILES string of the molecule is Cc1nc2n(n1)CC(=O)NCCN(C(=O)c1cccc(-n3cccn3)c1)CCCC(=O)N[C@@H](C)C(=O)N[C@H](Cc1ccccc1)C(=O)N[C@H]2C(C)C. The summed E-state index contributed by atoms with van der Waals surface area (Å²) in [5.74, 6) is -1.32. The fourth-order valence-corrected chi connectivity index (χ4v) is 5.99. The zero-order chi connectivity index (χ0) is 37.2. The number of hydrogen-bond acceptors (Lipinski definition) is 8. The lowest BCUT2D eigenvalue weighted by Gasteiger charge is -2.27. The molecule has 1 aliphatic rings. The summed E-state index contributed by atoms with van der Waals surface area (Å²) in [6.45, 7) is 7.46. The Kier molecular flexibility index (Phi) is 12.5. The van der Waals surface area contributed by atoms with Crippen LogP contribution in [0, 0.1) is 12.8 Å². The van der Waals surface area contributed by atoms with Crippen molar-refractivity contribution < 1.29 is 24.0 Å². The van der Waals surface area contributed by atoms with Gasteiger partial charge >= 0.3 is 0 Å². The molecule has 0 unspecified atom stereocenters. The molecule has 0 fully saturated rings. The number of benzene rings is 2. The molecule has 0 bridgehead atoms. The molecule has 0 spiro atoms. The Morgan fingerprint density at radius 1 is 0.923 bits per heavy atom. The molecule has 1 aliphatic heterocycles. The Morgan fingerprint density at radius 2 is 1.71 bits per heavy atom. The highest BCUT2D eigenvalue weighted by Gasteiger charge is 2.31. The maximum atomic E-state index is 13.9. The van der Waals surface area contributed by atoms with Gasteiger partial charge in [-0.1, -0.05) is 50.2 Å². The van der Waals surface area contributed by atoms with Gasteiger partial charge < -0.3 is 26.2 Å². The summed E-state index contributed by atoms with van der Waals surface area (Å²) in [6.07, 6.45) is 3.97. The monoisotopic (exact) mass is 710 g/mol. The zero-order valence-electron chi connectivity index (χ0n) is 29.9. The molecule has 3 heterocycles. The molecule has 0 saturated carbocycles. The molecule has 5 amide bonds. The van der Waals surface area contributed by atoms with Crippen molar-refractivity contribution in [1.29, 1.82) is 0 Å². The van der Waals surface area contributed by atoms with Crippen LogP contribution >= 0.6 is 0 Å². The highest BCUT2D eigenvalue weighted by molar-refractivity contribution is 5.95. The van der Waals surface area contributed by atoms with E-state index in [1.807, 2.05) is 50.2 Å². The average Bonchev–Trinajstić information content (AvgIpc) is 3.79. The van der Waals surface area contributed by atoms with Crippen LogP contribution in [-0.4, -0.2) is 90.7 Å². The van der Waals surface area contributed by atoms with Gasteiger partial charge in [-0.15, -0.1) is 0 Å². The predicted molar refractivity (Wildman–Crippen MR) is 192 cm³/mol. The van der Waals surface area contributed by atoms with Gasteiger partial charge in [0.1, 0.15) is 24.5 Å². The van der Waals surface area contributed by atoms with E-state index in [-0.39, 0.29) is 62.7 Å². The summed E-state index contributed by atoms with van der Waals surface area (Å²) in [6, 6.07) is 15.6. The van der Waals surface area contributed by atoms with Crippen LogP contribution in [0.15, 0.2) is 73.1 Å². The van der Waals surface area contributed by atoms with E-state index in [0.717, 1.165) is 5.56 Å². The number of nitrogens with zero attached hydrogens (tertiary/aromatic N) is 6. The topological polar surface area (TPSA) is 185 Å². The Hall–Kier alpha value is -5.86. The minimum Gasteiger partial charge on any atom is -0.353 e. The minimum absolute atomic E-state index is 0.0412. The molecule has 4 N–H and O–H groups in total. The highest BCUT2D eigenvalue weighted by atomic mass is 16.2. The lowest BCUT2D eigenvalue weighted by molar-refractivity contribution is -0.132. The third-order valence-corrected chi connectivity index (χ3v) is 8.71. The lowest BCUT2D eigenvalue weighted by atomic mass is 10.0. The molecular weight excluding hydrogens is 664 g/mol. The summed E-state index contributed by atoms with van der Waals surface area (Å²) >= 11 is 0. The number of aromatic nitrogens is 5. The van der Waals surface area contributed by atoms with E-state index in [2.05, 4.69) is 36.4 Å². The second kappa shape index (κ2) is 17.4. The van der Waals surface area contributed by atoms with Crippen LogP contribution in [-0.2, 0) is 32.1 Å². The van der Waals surface area contributed by atoms with Crippen molar-refractivity contribution >= 4 is 29.5 Å². The van der Waals surface area contributed by atoms with Crippen molar-refractivity contribution in [2.75, 3.05) is 19.6 Å². The van der Waals surface area contributed by atoms with Crippen molar-refractivity contribution in [2.24, 2.45) is 5.92 Å². The van der Waals surface area contributed by atoms with Crippen LogP contribution in [0.2, 0.25) is 0 Å². The van der Waals surface area contributed by atoms with E-state index in [1.165, 1.54) is 4.68 Å². The first-order chi connectivity index (χ1) is 25.0. The van der Waals surface area contributed by atoms with E-state index in [9.17, 15) is 24.0 Å². The Balaban J connectivity index is 1.40. The van der Waals surface area contributed by atoms with Gasteiger partial charge in [-0.2, -0.15) is 10.2 Å². The molecule has 0 radical (unpaired) electrons. The van der Waals surface area contributed by atoms with Gasteiger partial charge in [0.2, 0.25) is 23.6 Å². The van der Waals surface area contributed by atoms with Crippen molar-refractivity contribution in [3.63, 3.8) is 0 Å². The number of rotatable bonds is 5. The molecule has 5 rings (SSSR count). The first-order valence-corrected chi connectivity index (χ1v) is 17.5. The maximum absolute atomic E-state index is 13.9. The number of carbonyl (C=O) groups is 5. The van der Waals surface area contributed by atoms with Crippen molar-refractivity contribution in [1.82, 2.24) is 50.7 Å². The molecule has 15 heteroatoms. The second-order valence-electron chi connectivity index (χ2n) is 13.2. The number of nitrogens with one attached hydrogen (secondary N) is 4. The van der Waals surface area contributed by atoms with Crippen LogP contribution in [0.4, 0.5) is 0 Å².